The zero-order chi connectivity index (χ0) is 20.1. The number of carboxylic acids is 1. The van der Waals surface area contributed by atoms with Crippen LogP contribution in [-0.4, -0.2) is 45.7 Å². The quantitative estimate of drug-likeness (QED) is 0.745. The lowest BCUT2D eigenvalue weighted by Crippen LogP contribution is -2.62. The molecule has 6 heteroatoms. The Balaban J connectivity index is 1.85. The SMILES string of the molecule is C[C@]1(C(=O)O)C[C@@H](O)CN(Cc2ccccc2)[C@@H]1C(=O)OCc1ccccc1. The van der Waals surface area contributed by atoms with E-state index in [4.69, 9.17) is 4.74 Å². The molecule has 148 valence electrons. The molecule has 1 aliphatic rings. The zero-order valence-corrected chi connectivity index (χ0v) is 15.8. The van der Waals surface area contributed by atoms with Crippen LogP contribution in [0.1, 0.15) is 24.5 Å². The molecule has 0 aliphatic carbocycles. The number of likely N-dealkylation sites (tertiary alicyclic amines) is 1. The normalized spacial score (nSPS) is 25.2. The summed E-state index contributed by atoms with van der Waals surface area (Å²) < 4.78 is 5.49. The first-order chi connectivity index (χ1) is 13.4. The number of ether oxygens (including phenoxy) is 1. The van der Waals surface area contributed by atoms with E-state index in [-0.39, 0.29) is 19.6 Å². The Bertz CT molecular complexity index is 810. The van der Waals surface area contributed by atoms with Crippen LogP contribution in [0.5, 0.6) is 0 Å². The topological polar surface area (TPSA) is 87.1 Å². The number of benzene rings is 2. The molecule has 1 heterocycles. The van der Waals surface area contributed by atoms with Crippen molar-refractivity contribution < 1.29 is 24.5 Å². The van der Waals surface area contributed by atoms with E-state index in [2.05, 4.69) is 0 Å². The third-order valence-electron chi connectivity index (χ3n) is 5.24. The standard InChI is InChI=1S/C22H25NO5/c1-22(21(26)27)12-18(24)14-23(13-16-8-4-2-5-9-16)19(22)20(25)28-15-17-10-6-3-7-11-17/h2-11,18-19,24H,12-15H2,1H3,(H,26,27)/t18-,19-,22+/m1/s1. The molecule has 1 aliphatic heterocycles. The number of aliphatic hydroxyl groups is 1. The Hall–Kier alpha value is -2.70. The minimum atomic E-state index is -1.44. The number of carboxylic acid groups (broad SMARTS) is 1. The Morgan fingerprint density at radius 2 is 1.64 bits per heavy atom. The number of carbonyl (C=O) groups is 2. The number of piperidine rings is 1. The third-order valence-corrected chi connectivity index (χ3v) is 5.24. The van der Waals surface area contributed by atoms with Crippen LogP contribution in [0.15, 0.2) is 60.7 Å². The molecule has 2 aromatic carbocycles. The maximum atomic E-state index is 13.0. The highest BCUT2D eigenvalue weighted by Gasteiger charge is 2.53. The van der Waals surface area contributed by atoms with E-state index in [1.165, 1.54) is 6.92 Å². The Labute approximate surface area is 164 Å². The number of aliphatic hydroxyl groups excluding tert-OH is 1. The summed E-state index contributed by atoms with van der Waals surface area (Å²) in [5.41, 5.74) is 0.323. The number of aliphatic carboxylic acids is 1. The molecule has 3 rings (SSSR count). The number of carbonyl (C=O) groups excluding carboxylic acids is 1. The van der Waals surface area contributed by atoms with Crippen molar-refractivity contribution >= 4 is 11.9 Å². The second-order valence-corrected chi connectivity index (χ2v) is 7.49. The predicted molar refractivity (Wildman–Crippen MR) is 103 cm³/mol. The smallest absolute Gasteiger partial charge is 0.324 e. The van der Waals surface area contributed by atoms with E-state index in [9.17, 15) is 19.8 Å². The van der Waals surface area contributed by atoms with Gasteiger partial charge >= 0.3 is 11.9 Å². The molecule has 0 unspecified atom stereocenters. The van der Waals surface area contributed by atoms with E-state index < -0.39 is 29.5 Å². The second kappa shape index (κ2) is 8.54. The Kier molecular flexibility index (Phi) is 6.11. The summed E-state index contributed by atoms with van der Waals surface area (Å²) >= 11 is 0. The first-order valence-corrected chi connectivity index (χ1v) is 9.30. The van der Waals surface area contributed by atoms with Crippen LogP contribution in [0, 0.1) is 5.41 Å². The average molecular weight is 383 g/mol. The molecule has 0 amide bonds. The van der Waals surface area contributed by atoms with E-state index >= 15 is 0 Å². The summed E-state index contributed by atoms with van der Waals surface area (Å²) in [5.74, 6) is -1.71. The first-order valence-electron chi connectivity index (χ1n) is 9.30. The fraction of sp³-hybridized carbons (Fsp3) is 0.364. The van der Waals surface area contributed by atoms with Crippen molar-refractivity contribution in [2.24, 2.45) is 5.41 Å². The van der Waals surface area contributed by atoms with Crippen LogP contribution in [0.4, 0.5) is 0 Å². The summed E-state index contributed by atoms with van der Waals surface area (Å²) in [6, 6.07) is 17.7. The lowest BCUT2D eigenvalue weighted by atomic mass is 9.73. The highest BCUT2D eigenvalue weighted by molar-refractivity contribution is 5.87. The molecule has 0 spiro atoms. The second-order valence-electron chi connectivity index (χ2n) is 7.49. The fourth-order valence-corrected chi connectivity index (χ4v) is 3.84. The molecule has 1 saturated heterocycles. The van der Waals surface area contributed by atoms with Crippen LogP contribution in [-0.2, 0) is 27.5 Å². The number of β-amino-alcohol motifs (C(OH)–C–C–N with tert-alkyl or cyclic N) is 1. The highest BCUT2D eigenvalue weighted by Crippen LogP contribution is 2.38. The lowest BCUT2D eigenvalue weighted by Gasteiger charge is -2.46. The minimum absolute atomic E-state index is 0.00126. The summed E-state index contributed by atoms with van der Waals surface area (Å²) in [7, 11) is 0. The minimum Gasteiger partial charge on any atom is -0.481 e. The number of hydrogen-bond donors (Lipinski definition) is 2. The average Bonchev–Trinajstić information content (AvgIpc) is 2.67. The molecule has 3 atom stereocenters. The molecule has 1 fully saturated rings. The highest BCUT2D eigenvalue weighted by atomic mass is 16.5. The van der Waals surface area contributed by atoms with Gasteiger partial charge in [-0.1, -0.05) is 60.7 Å². The van der Waals surface area contributed by atoms with Crippen molar-refractivity contribution in [3.63, 3.8) is 0 Å². The Morgan fingerprint density at radius 1 is 1.07 bits per heavy atom. The van der Waals surface area contributed by atoms with Gasteiger partial charge in [-0.2, -0.15) is 0 Å². The van der Waals surface area contributed by atoms with Crippen molar-refractivity contribution in [2.45, 2.75) is 38.6 Å². The van der Waals surface area contributed by atoms with Gasteiger partial charge in [-0.3, -0.25) is 14.5 Å². The number of esters is 1. The van der Waals surface area contributed by atoms with Gasteiger partial charge in [0.25, 0.3) is 0 Å². The monoisotopic (exact) mass is 383 g/mol. The van der Waals surface area contributed by atoms with Crippen LogP contribution in [0.2, 0.25) is 0 Å². The van der Waals surface area contributed by atoms with Crippen molar-refractivity contribution in [2.75, 3.05) is 6.54 Å². The van der Waals surface area contributed by atoms with E-state index in [1.807, 2.05) is 60.7 Å². The number of rotatable bonds is 6. The van der Waals surface area contributed by atoms with Gasteiger partial charge in [-0.05, 0) is 24.5 Å². The summed E-state index contributed by atoms with van der Waals surface area (Å²) in [4.78, 5) is 26.8. The van der Waals surface area contributed by atoms with Crippen molar-refractivity contribution in [3.8, 4) is 0 Å². The maximum absolute atomic E-state index is 13.0. The van der Waals surface area contributed by atoms with Crippen LogP contribution in [0.25, 0.3) is 0 Å². The van der Waals surface area contributed by atoms with Gasteiger partial charge in [0.1, 0.15) is 12.6 Å². The molecule has 2 aromatic rings. The molecule has 28 heavy (non-hydrogen) atoms. The van der Waals surface area contributed by atoms with Crippen LogP contribution in [0.3, 0.4) is 0 Å². The number of hydrogen-bond acceptors (Lipinski definition) is 5. The molecular weight excluding hydrogens is 358 g/mol. The van der Waals surface area contributed by atoms with Crippen molar-refractivity contribution in [1.82, 2.24) is 4.90 Å². The van der Waals surface area contributed by atoms with Crippen LogP contribution < -0.4 is 0 Å². The molecule has 6 nitrogen and oxygen atoms in total. The number of nitrogens with zero attached hydrogens (tertiary/aromatic N) is 1. The van der Waals surface area contributed by atoms with Gasteiger partial charge in [0, 0.05) is 13.1 Å². The van der Waals surface area contributed by atoms with Crippen molar-refractivity contribution in [1.29, 1.82) is 0 Å². The molecule has 0 bridgehead atoms. The molecular formula is C22H25NO5. The van der Waals surface area contributed by atoms with Gasteiger partial charge in [0.15, 0.2) is 0 Å². The van der Waals surface area contributed by atoms with E-state index in [1.54, 1.807) is 4.90 Å². The van der Waals surface area contributed by atoms with Gasteiger partial charge in [0.2, 0.25) is 0 Å². The maximum Gasteiger partial charge on any atom is 0.324 e. The first kappa shape index (κ1) is 20.0. The lowest BCUT2D eigenvalue weighted by molar-refractivity contribution is -0.177. The van der Waals surface area contributed by atoms with Gasteiger partial charge < -0.3 is 14.9 Å². The molecule has 2 N–H and O–H groups in total. The van der Waals surface area contributed by atoms with Crippen LogP contribution >= 0.6 is 0 Å². The molecule has 0 saturated carbocycles. The largest absolute Gasteiger partial charge is 0.481 e. The summed E-state index contributed by atoms with van der Waals surface area (Å²) in [5, 5.41) is 20.2. The van der Waals surface area contributed by atoms with E-state index in [0.717, 1.165) is 11.1 Å². The summed E-state index contributed by atoms with van der Waals surface area (Å²) in [6.07, 6.45) is -0.832. The summed E-state index contributed by atoms with van der Waals surface area (Å²) in [6.45, 7) is 2.15. The Morgan fingerprint density at radius 3 is 2.21 bits per heavy atom. The molecule has 0 radical (unpaired) electrons. The molecule has 0 aromatic heterocycles. The van der Waals surface area contributed by atoms with Gasteiger partial charge in [-0.15, -0.1) is 0 Å². The van der Waals surface area contributed by atoms with Gasteiger partial charge in [0.05, 0.1) is 11.5 Å². The zero-order valence-electron chi connectivity index (χ0n) is 15.8. The van der Waals surface area contributed by atoms with Gasteiger partial charge in [-0.25, -0.2) is 0 Å². The predicted octanol–water partition coefficient (Wildman–Crippen LogP) is 2.46. The fourth-order valence-electron chi connectivity index (χ4n) is 3.84. The third kappa shape index (κ3) is 4.40. The van der Waals surface area contributed by atoms with E-state index in [0.29, 0.717) is 6.54 Å². The van der Waals surface area contributed by atoms with Crippen molar-refractivity contribution in [3.05, 3.63) is 71.8 Å².